The number of hydrogen-bond acceptors (Lipinski definition) is 10. The van der Waals surface area contributed by atoms with E-state index in [2.05, 4.69) is 0 Å². The molecule has 238 valence electrons. The highest BCUT2D eigenvalue weighted by atomic mass is 32.2. The minimum Gasteiger partial charge on any atom is -0.464 e. The fourth-order valence-corrected chi connectivity index (χ4v) is 6.08. The minimum absolute atomic E-state index is 0.0508. The number of aliphatic hydroxyl groups is 1. The molecule has 3 aliphatic rings. The maximum Gasteiger partial charge on any atom is 0.465 e. The molecule has 1 aliphatic heterocycles. The van der Waals surface area contributed by atoms with Crippen molar-refractivity contribution in [2.45, 2.75) is 83.4 Å². The number of rotatable bonds is 11. The molecule has 2 aliphatic carbocycles. The Bertz CT molecular complexity index is 1210. The molecule has 14 heteroatoms. The van der Waals surface area contributed by atoms with Gasteiger partial charge in [0.05, 0.1) is 30.7 Å². The molecule has 0 bridgehead atoms. The Labute approximate surface area is 244 Å². The van der Waals surface area contributed by atoms with E-state index >= 15 is 0 Å². The van der Waals surface area contributed by atoms with Crippen molar-refractivity contribution in [2.24, 2.45) is 22.7 Å². The predicted molar refractivity (Wildman–Crippen MR) is 144 cm³/mol. The lowest BCUT2D eigenvalue weighted by Gasteiger charge is -2.44. The average Bonchev–Trinajstić information content (AvgIpc) is 2.94. The zero-order valence-corrected chi connectivity index (χ0v) is 25.1. The van der Waals surface area contributed by atoms with Crippen LogP contribution in [0.25, 0.3) is 0 Å². The lowest BCUT2D eigenvalue weighted by Crippen LogP contribution is -2.52. The fourth-order valence-electron chi connectivity index (χ4n) is 5.82. The number of aldehydes is 1. The average molecular weight is 623 g/mol. The van der Waals surface area contributed by atoms with Crippen molar-refractivity contribution >= 4 is 28.3 Å². The Balaban J connectivity index is 1.66. The SMILES string of the molecule is CCC1=CC(C2OCC(CO)(COC(=O)C3(C)CC(CC)=CC(C=O)C3)CO2)CC(C)(OC(=O)C(F)(F)S(=O)(=O)O)C1. The summed E-state index contributed by atoms with van der Waals surface area (Å²) in [5.41, 5.74) is -1.81. The predicted octanol–water partition coefficient (Wildman–Crippen LogP) is 3.36. The Kier molecular flexibility index (Phi) is 10.4. The van der Waals surface area contributed by atoms with Gasteiger partial charge >= 0.3 is 27.3 Å². The van der Waals surface area contributed by atoms with Crippen LogP contribution in [0.1, 0.15) is 66.2 Å². The number of alkyl halides is 2. The van der Waals surface area contributed by atoms with Crippen molar-refractivity contribution < 1.29 is 60.2 Å². The van der Waals surface area contributed by atoms with Crippen molar-refractivity contribution in [3.05, 3.63) is 23.3 Å². The molecular formula is C28H40F2O11S. The molecular weight excluding hydrogens is 582 g/mol. The van der Waals surface area contributed by atoms with Gasteiger partial charge in [-0.1, -0.05) is 37.1 Å². The maximum atomic E-state index is 13.9. The summed E-state index contributed by atoms with van der Waals surface area (Å²) in [5.74, 6) is -3.86. The van der Waals surface area contributed by atoms with Gasteiger partial charge in [0.25, 0.3) is 0 Å². The maximum absolute atomic E-state index is 13.9. The van der Waals surface area contributed by atoms with Crippen LogP contribution in [0.15, 0.2) is 23.3 Å². The van der Waals surface area contributed by atoms with E-state index in [1.54, 1.807) is 13.8 Å². The van der Waals surface area contributed by atoms with E-state index in [9.17, 15) is 36.7 Å². The second kappa shape index (κ2) is 12.8. The Morgan fingerprint density at radius 3 is 2.21 bits per heavy atom. The molecule has 4 atom stereocenters. The Morgan fingerprint density at radius 1 is 1.10 bits per heavy atom. The summed E-state index contributed by atoms with van der Waals surface area (Å²) >= 11 is 0. The van der Waals surface area contributed by atoms with Gasteiger partial charge in [0, 0.05) is 18.3 Å². The van der Waals surface area contributed by atoms with Gasteiger partial charge in [-0.05, 0) is 46.0 Å². The number of carbonyl (C=O) groups is 3. The van der Waals surface area contributed by atoms with Gasteiger partial charge in [0.1, 0.15) is 18.5 Å². The molecule has 42 heavy (non-hydrogen) atoms. The second-order valence-corrected chi connectivity index (χ2v) is 13.7. The van der Waals surface area contributed by atoms with Crippen LogP contribution in [0.4, 0.5) is 8.78 Å². The van der Waals surface area contributed by atoms with Crippen LogP contribution in [0.3, 0.4) is 0 Å². The van der Waals surface area contributed by atoms with E-state index in [-0.39, 0.29) is 38.6 Å². The van der Waals surface area contributed by atoms with Crippen LogP contribution in [0.2, 0.25) is 0 Å². The minimum atomic E-state index is -6.03. The Hall–Kier alpha value is -2.26. The standard InChI is InChI=1S/C28H40F2O11S/c1-5-18-7-20(13-31)10-25(3,9-18)23(33)40-17-27(14-32)15-38-22(39-16-27)21-8-19(6-2)11-26(4,12-21)41-24(34)28(29,30)42(35,36)37/h7-8,13,20-22,32H,5-6,9-12,14-17H2,1-4H3,(H,35,36,37). The number of esters is 2. The highest BCUT2D eigenvalue weighted by Crippen LogP contribution is 2.43. The number of halogens is 2. The highest BCUT2D eigenvalue weighted by molar-refractivity contribution is 7.87. The first-order valence-electron chi connectivity index (χ1n) is 13.9. The number of aliphatic hydroxyl groups excluding tert-OH is 1. The van der Waals surface area contributed by atoms with Crippen LogP contribution < -0.4 is 0 Å². The van der Waals surface area contributed by atoms with E-state index in [1.165, 1.54) is 6.92 Å². The molecule has 2 N–H and O–H groups in total. The third-order valence-corrected chi connectivity index (χ3v) is 9.06. The largest absolute Gasteiger partial charge is 0.465 e. The van der Waals surface area contributed by atoms with Crippen molar-refractivity contribution in [1.82, 2.24) is 0 Å². The zero-order valence-electron chi connectivity index (χ0n) is 24.3. The van der Waals surface area contributed by atoms with E-state index in [0.717, 1.165) is 17.4 Å². The molecule has 1 fully saturated rings. The van der Waals surface area contributed by atoms with Crippen LogP contribution in [-0.4, -0.2) is 79.9 Å². The van der Waals surface area contributed by atoms with Crippen LogP contribution >= 0.6 is 0 Å². The quantitative estimate of drug-likeness (QED) is 0.150. The van der Waals surface area contributed by atoms with Crippen molar-refractivity contribution in [1.29, 1.82) is 0 Å². The summed E-state index contributed by atoms with van der Waals surface area (Å²) in [6.07, 6.45) is 5.53. The first kappa shape index (κ1) is 34.2. The smallest absolute Gasteiger partial charge is 0.464 e. The summed E-state index contributed by atoms with van der Waals surface area (Å²) in [6.45, 7) is 6.10. The lowest BCUT2D eigenvalue weighted by atomic mass is 9.71. The summed E-state index contributed by atoms with van der Waals surface area (Å²) in [5, 5.41) is 5.04. The molecule has 4 unspecified atom stereocenters. The topological polar surface area (TPSA) is 163 Å². The molecule has 0 aromatic rings. The number of ether oxygens (including phenoxy) is 4. The summed E-state index contributed by atoms with van der Waals surface area (Å²) in [6, 6.07) is 0. The van der Waals surface area contributed by atoms with Crippen molar-refractivity contribution in [3.8, 4) is 0 Å². The molecule has 0 aromatic carbocycles. The summed E-state index contributed by atoms with van der Waals surface area (Å²) in [4.78, 5) is 36.6. The van der Waals surface area contributed by atoms with Gasteiger partial charge in [-0.3, -0.25) is 9.35 Å². The molecule has 0 amide bonds. The molecule has 3 rings (SSSR count). The first-order chi connectivity index (χ1) is 19.4. The molecule has 1 heterocycles. The van der Waals surface area contributed by atoms with E-state index in [0.29, 0.717) is 25.7 Å². The normalized spacial score (nSPS) is 34.1. The van der Waals surface area contributed by atoms with Crippen LogP contribution in [0.5, 0.6) is 0 Å². The van der Waals surface area contributed by atoms with Gasteiger partial charge in [0.15, 0.2) is 6.29 Å². The summed E-state index contributed by atoms with van der Waals surface area (Å²) in [7, 11) is -6.03. The van der Waals surface area contributed by atoms with E-state index in [4.69, 9.17) is 23.5 Å². The van der Waals surface area contributed by atoms with Crippen molar-refractivity contribution in [3.63, 3.8) is 0 Å². The highest BCUT2D eigenvalue weighted by Gasteiger charge is 2.56. The van der Waals surface area contributed by atoms with E-state index in [1.807, 2.05) is 19.1 Å². The van der Waals surface area contributed by atoms with Crippen molar-refractivity contribution in [2.75, 3.05) is 26.4 Å². The van der Waals surface area contributed by atoms with Gasteiger partial charge in [-0.25, -0.2) is 4.79 Å². The number of hydrogen-bond donors (Lipinski definition) is 2. The molecule has 0 radical (unpaired) electrons. The Morgan fingerprint density at radius 2 is 1.69 bits per heavy atom. The molecule has 11 nitrogen and oxygen atoms in total. The second-order valence-electron chi connectivity index (χ2n) is 12.2. The molecule has 1 saturated heterocycles. The third kappa shape index (κ3) is 7.44. The first-order valence-corrected chi connectivity index (χ1v) is 15.3. The van der Waals surface area contributed by atoms with Gasteiger partial charge in [-0.2, -0.15) is 17.2 Å². The van der Waals surface area contributed by atoms with Gasteiger partial charge in [-0.15, -0.1) is 0 Å². The lowest BCUT2D eigenvalue weighted by molar-refractivity contribution is -0.264. The zero-order chi connectivity index (χ0) is 31.6. The number of allylic oxidation sites excluding steroid dienone is 2. The molecule has 0 spiro atoms. The van der Waals surface area contributed by atoms with Gasteiger partial charge in [0.2, 0.25) is 0 Å². The molecule has 0 saturated carbocycles. The van der Waals surface area contributed by atoms with Crippen LogP contribution in [0, 0.1) is 22.7 Å². The summed E-state index contributed by atoms with van der Waals surface area (Å²) < 4.78 is 81.0. The third-order valence-electron chi connectivity index (χ3n) is 8.25. The number of carbonyl (C=O) groups excluding carboxylic acids is 3. The van der Waals surface area contributed by atoms with Crippen LogP contribution in [-0.2, 0) is 43.4 Å². The van der Waals surface area contributed by atoms with Gasteiger partial charge < -0.3 is 28.8 Å². The molecule has 0 aromatic heterocycles. The fraction of sp³-hybridized carbons (Fsp3) is 0.750. The van der Waals surface area contributed by atoms with E-state index < -0.39 is 62.6 Å². The monoisotopic (exact) mass is 622 g/mol.